The van der Waals surface area contributed by atoms with Crippen LogP contribution in [0.2, 0.25) is 0 Å². The van der Waals surface area contributed by atoms with Crippen molar-refractivity contribution in [3.63, 3.8) is 0 Å². The first-order chi connectivity index (χ1) is 10.5. The van der Waals surface area contributed by atoms with Crippen LogP contribution >= 0.6 is 0 Å². The van der Waals surface area contributed by atoms with Crippen molar-refractivity contribution >= 4 is 6.03 Å². The Morgan fingerprint density at radius 1 is 1.32 bits per heavy atom. The highest BCUT2D eigenvalue weighted by atomic mass is 19.1. The number of likely N-dealkylation sites (tertiary alicyclic amines) is 1. The minimum atomic E-state index is -0.252. The first-order valence-electron chi connectivity index (χ1n) is 7.97. The van der Waals surface area contributed by atoms with Gasteiger partial charge in [0.1, 0.15) is 5.83 Å². The summed E-state index contributed by atoms with van der Waals surface area (Å²) in [5.41, 5.74) is 0.873. The van der Waals surface area contributed by atoms with Crippen molar-refractivity contribution in [1.82, 2.24) is 15.5 Å². The molecule has 0 aromatic heterocycles. The fourth-order valence-corrected chi connectivity index (χ4v) is 2.28. The first-order valence-corrected chi connectivity index (χ1v) is 7.97. The quantitative estimate of drug-likeness (QED) is 0.740. The first kappa shape index (κ1) is 18.4. The van der Waals surface area contributed by atoms with Crippen molar-refractivity contribution in [2.24, 2.45) is 0 Å². The molecule has 0 atom stereocenters. The number of carbonyl (C=O) groups excluding carboxylic acids is 1. The van der Waals surface area contributed by atoms with Gasteiger partial charge in [0.25, 0.3) is 0 Å². The van der Waals surface area contributed by atoms with E-state index < -0.39 is 0 Å². The monoisotopic (exact) mass is 309 g/mol. The highest BCUT2D eigenvalue weighted by Gasteiger charge is 2.17. The minimum Gasteiger partial charge on any atom is -0.335 e. The average molecular weight is 309 g/mol. The number of allylic oxidation sites excluding steroid dienone is 4. The molecule has 1 fully saturated rings. The zero-order chi connectivity index (χ0) is 16.4. The number of nitrogens with one attached hydrogen (secondary N) is 2. The lowest BCUT2D eigenvalue weighted by atomic mass is 10.1. The fraction of sp³-hybridized carbons (Fsp3) is 0.588. The van der Waals surface area contributed by atoms with E-state index >= 15 is 0 Å². The standard InChI is InChI=1S/C17H28FN3O/c1-4-6-15(18)8-7-14(5-2)13-19-17(22)20-16-9-11-21(3)12-10-16/h5-8,16H,4,9-13H2,1-3H3,(H2,19,20,22)/b8-7-,14-5+,15-6+. The number of hydrogen-bond donors (Lipinski definition) is 2. The fourth-order valence-electron chi connectivity index (χ4n) is 2.28. The largest absolute Gasteiger partial charge is 0.335 e. The summed E-state index contributed by atoms with van der Waals surface area (Å²) >= 11 is 0. The van der Waals surface area contributed by atoms with Gasteiger partial charge in [-0.05, 0) is 64.0 Å². The summed E-state index contributed by atoms with van der Waals surface area (Å²) in [5, 5.41) is 5.81. The number of nitrogens with zero attached hydrogens (tertiary/aromatic N) is 1. The van der Waals surface area contributed by atoms with Crippen molar-refractivity contribution in [2.75, 3.05) is 26.7 Å². The number of halogens is 1. The molecule has 0 aromatic carbocycles. The summed E-state index contributed by atoms with van der Waals surface area (Å²) < 4.78 is 13.3. The molecule has 0 radical (unpaired) electrons. The summed E-state index contributed by atoms with van der Waals surface area (Å²) in [5.74, 6) is -0.252. The molecule has 2 N–H and O–H groups in total. The SMILES string of the molecule is C\C=C(/C=C\C(F)=C/CC)CNC(=O)NC1CCN(C)CC1. The zero-order valence-corrected chi connectivity index (χ0v) is 13.9. The predicted octanol–water partition coefficient (Wildman–Crippen LogP) is 3.15. The Morgan fingerprint density at radius 3 is 2.59 bits per heavy atom. The van der Waals surface area contributed by atoms with E-state index in [1.54, 1.807) is 6.08 Å². The molecule has 4 nitrogen and oxygen atoms in total. The molecule has 1 rings (SSSR count). The van der Waals surface area contributed by atoms with Crippen molar-refractivity contribution in [2.45, 2.75) is 39.2 Å². The normalized spacial score (nSPS) is 18.7. The molecular weight excluding hydrogens is 281 g/mol. The molecule has 0 unspecified atom stereocenters. The third-order valence-electron chi connectivity index (χ3n) is 3.73. The van der Waals surface area contributed by atoms with E-state index in [0.717, 1.165) is 31.5 Å². The molecule has 0 bridgehead atoms. The van der Waals surface area contributed by atoms with Gasteiger partial charge in [0.15, 0.2) is 0 Å². The predicted molar refractivity (Wildman–Crippen MR) is 89.4 cm³/mol. The number of amides is 2. The van der Waals surface area contributed by atoms with Crippen LogP contribution in [0.4, 0.5) is 9.18 Å². The molecule has 1 aliphatic heterocycles. The van der Waals surface area contributed by atoms with Crippen LogP contribution in [0.3, 0.4) is 0 Å². The molecule has 1 saturated heterocycles. The number of piperidine rings is 1. The van der Waals surface area contributed by atoms with Gasteiger partial charge >= 0.3 is 6.03 Å². The minimum absolute atomic E-state index is 0.160. The molecule has 2 amide bonds. The Hall–Kier alpha value is -1.62. The molecule has 5 heteroatoms. The van der Waals surface area contributed by atoms with Crippen LogP contribution in [0.15, 0.2) is 35.7 Å². The number of rotatable bonds is 6. The average Bonchev–Trinajstić information content (AvgIpc) is 2.50. The van der Waals surface area contributed by atoms with Gasteiger partial charge in [-0.3, -0.25) is 0 Å². The van der Waals surface area contributed by atoms with Gasteiger partial charge in [0, 0.05) is 12.6 Å². The van der Waals surface area contributed by atoms with E-state index in [1.807, 2.05) is 19.9 Å². The summed E-state index contributed by atoms with van der Waals surface area (Å²) in [7, 11) is 2.09. The highest BCUT2D eigenvalue weighted by molar-refractivity contribution is 5.74. The van der Waals surface area contributed by atoms with Crippen molar-refractivity contribution in [3.8, 4) is 0 Å². The molecule has 1 heterocycles. The summed E-state index contributed by atoms with van der Waals surface area (Å²) in [6.45, 7) is 6.18. The summed E-state index contributed by atoms with van der Waals surface area (Å²) in [6, 6.07) is 0.0811. The maximum atomic E-state index is 13.3. The maximum absolute atomic E-state index is 13.3. The van der Waals surface area contributed by atoms with Gasteiger partial charge in [0.2, 0.25) is 0 Å². The Morgan fingerprint density at radius 2 is 2.00 bits per heavy atom. The molecule has 0 aliphatic carbocycles. The molecule has 0 aromatic rings. The van der Waals surface area contributed by atoms with Crippen molar-refractivity contribution < 1.29 is 9.18 Å². The topological polar surface area (TPSA) is 44.4 Å². The lowest BCUT2D eigenvalue weighted by molar-refractivity contribution is 0.214. The highest BCUT2D eigenvalue weighted by Crippen LogP contribution is 2.08. The molecule has 22 heavy (non-hydrogen) atoms. The Balaban J connectivity index is 2.34. The van der Waals surface area contributed by atoms with Crippen LogP contribution in [0.5, 0.6) is 0 Å². The van der Waals surface area contributed by atoms with Gasteiger partial charge < -0.3 is 15.5 Å². The second-order valence-electron chi connectivity index (χ2n) is 5.60. The van der Waals surface area contributed by atoms with Gasteiger partial charge in [-0.2, -0.15) is 0 Å². The molecule has 1 aliphatic rings. The van der Waals surface area contributed by atoms with Crippen LogP contribution in [0.1, 0.15) is 33.1 Å². The maximum Gasteiger partial charge on any atom is 0.315 e. The Labute approximate surface area is 133 Å². The van der Waals surface area contributed by atoms with Crippen LogP contribution in [0.25, 0.3) is 0 Å². The van der Waals surface area contributed by atoms with Crippen LogP contribution in [-0.2, 0) is 0 Å². The van der Waals surface area contributed by atoms with Gasteiger partial charge in [-0.25, -0.2) is 9.18 Å². The van der Waals surface area contributed by atoms with Gasteiger partial charge in [0.05, 0.1) is 0 Å². The van der Waals surface area contributed by atoms with Crippen molar-refractivity contribution in [1.29, 1.82) is 0 Å². The van der Waals surface area contributed by atoms with E-state index in [-0.39, 0.29) is 17.9 Å². The van der Waals surface area contributed by atoms with Crippen LogP contribution < -0.4 is 10.6 Å². The van der Waals surface area contributed by atoms with E-state index in [9.17, 15) is 9.18 Å². The van der Waals surface area contributed by atoms with E-state index in [1.165, 1.54) is 12.2 Å². The molecule has 0 saturated carbocycles. The summed E-state index contributed by atoms with van der Waals surface area (Å²) in [6.07, 6.45) is 9.13. The number of carbonyl (C=O) groups is 1. The van der Waals surface area contributed by atoms with Crippen molar-refractivity contribution in [3.05, 3.63) is 35.7 Å². The third kappa shape index (κ3) is 7.41. The van der Waals surface area contributed by atoms with Crippen LogP contribution in [-0.4, -0.2) is 43.7 Å². The second kappa shape index (κ2) is 10.2. The molecular formula is C17H28FN3O. The van der Waals surface area contributed by atoms with Crippen LogP contribution in [0, 0.1) is 0 Å². The zero-order valence-electron chi connectivity index (χ0n) is 13.9. The van der Waals surface area contributed by atoms with E-state index in [0.29, 0.717) is 13.0 Å². The smallest absolute Gasteiger partial charge is 0.315 e. The van der Waals surface area contributed by atoms with E-state index in [4.69, 9.17) is 0 Å². The molecule has 124 valence electrons. The number of hydrogen-bond acceptors (Lipinski definition) is 2. The lowest BCUT2D eigenvalue weighted by Gasteiger charge is -2.29. The summed E-state index contributed by atoms with van der Waals surface area (Å²) in [4.78, 5) is 14.1. The van der Waals surface area contributed by atoms with Gasteiger partial charge in [-0.15, -0.1) is 0 Å². The number of urea groups is 1. The Bertz CT molecular complexity index is 435. The van der Waals surface area contributed by atoms with Gasteiger partial charge in [-0.1, -0.05) is 19.1 Å². The second-order valence-corrected chi connectivity index (χ2v) is 5.60. The Kier molecular flexibility index (Phi) is 8.51. The lowest BCUT2D eigenvalue weighted by Crippen LogP contribution is -2.47. The molecule has 0 spiro atoms. The third-order valence-corrected chi connectivity index (χ3v) is 3.73. The van der Waals surface area contributed by atoms with E-state index in [2.05, 4.69) is 22.6 Å².